The minimum absolute atomic E-state index is 0.133. The van der Waals surface area contributed by atoms with E-state index in [4.69, 9.17) is 5.73 Å². The fourth-order valence-electron chi connectivity index (χ4n) is 2.70. The van der Waals surface area contributed by atoms with E-state index < -0.39 is 0 Å². The summed E-state index contributed by atoms with van der Waals surface area (Å²) in [6.07, 6.45) is 0. The van der Waals surface area contributed by atoms with E-state index in [0.29, 0.717) is 12.2 Å². The summed E-state index contributed by atoms with van der Waals surface area (Å²) in [7, 11) is 0. The van der Waals surface area contributed by atoms with Crippen LogP contribution in [0, 0.1) is 6.92 Å². The summed E-state index contributed by atoms with van der Waals surface area (Å²) in [5, 5.41) is 0. The van der Waals surface area contributed by atoms with E-state index in [9.17, 15) is 4.79 Å². The van der Waals surface area contributed by atoms with Crippen molar-refractivity contribution in [3.05, 3.63) is 45.9 Å². The molecule has 0 atom stereocenters. The number of aryl methyl sites for hydroxylation is 1. The summed E-state index contributed by atoms with van der Waals surface area (Å²) in [6.45, 7) is 11.0. The molecular formula is C16H23N3O. The normalized spacial score (nSPS) is 11.8. The van der Waals surface area contributed by atoms with Gasteiger partial charge >= 0.3 is 0 Å². The molecule has 0 aliphatic carbocycles. The van der Waals surface area contributed by atoms with Gasteiger partial charge in [-0.1, -0.05) is 39.0 Å². The molecular weight excluding hydrogens is 250 g/mol. The van der Waals surface area contributed by atoms with Crippen molar-refractivity contribution in [2.45, 2.75) is 46.6 Å². The van der Waals surface area contributed by atoms with E-state index in [1.54, 1.807) is 4.68 Å². The number of nitrogen functional groups attached to an aromatic ring is 1. The van der Waals surface area contributed by atoms with E-state index in [1.807, 2.05) is 42.8 Å². The van der Waals surface area contributed by atoms with E-state index in [-0.39, 0.29) is 11.0 Å². The highest BCUT2D eigenvalue weighted by Gasteiger charge is 2.27. The fraction of sp³-hybridized carbons (Fsp3) is 0.438. The quantitative estimate of drug-likeness (QED) is 0.914. The molecule has 0 bridgehead atoms. The van der Waals surface area contributed by atoms with Gasteiger partial charge in [-0.05, 0) is 25.5 Å². The second-order valence-electron chi connectivity index (χ2n) is 6.13. The van der Waals surface area contributed by atoms with Crippen molar-refractivity contribution in [2.24, 2.45) is 0 Å². The van der Waals surface area contributed by atoms with Crippen LogP contribution in [0.4, 0.5) is 5.69 Å². The second-order valence-corrected chi connectivity index (χ2v) is 6.13. The van der Waals surface area contributed by atoms with Gasteiger partial charge in [0.15, 0.2) is 0 Å². The lowest BCUT2D eigenvalue weighted by atomic mass is 9.91. The third kappa shape index (κ3) is 2.15. The molecule has 2 rings (SSSR count). The number of anilines is 1. The van der Waals surface area contributed by atoms with Gasteiger partial charge in [0.25, 0.3) is 5.56 Å². The number of rotatable bonds is 2. The van der Waals surface area contributed by atoms with Crippen molar-refractivity contribution in [1.82, 2.24) is 9.36 Å². The number of hydrogen-bond donors (Lipinski definition) is 1. The minimum Gasteiger partial charge on any atom is -0.393 e. The molecule has 0 amide bonds. The SMILES string of the molecule is CCn1c(C(C)(C)C)c(N)c(=O)n1-c1ccccc1C. The Morgan fingerprint density at radius 3 is 2.30 bits per heavy atom. The van der Waals surface area contributed by atoms with Gasteiger partial charge in [-0.25, -0.2) is 4.68 Å². The molecule has 108 valence electrons. The highest BCUT2D eigenvalue weighted by molar-refractivity contribution is 5.50. The maximum atomic E-state index is 12.6. The Labute approximate surface area is 119 Å². The van der Waals surface area contributed by atoms with Gasteiger partial charge in [0, 0.05) is 12.0 Å². The number of para-hydroxylation sites is 1. The minimum atomic E-state index is -0.173. The molecule has 0 aliphatic heterocycles. The van der Waals surface area contributed by atoms with Crippen LogP contribution in [0.5, 0.6) is 0 Å². The van der Waals surface area contributed by atoms with Crippen molar-refractivity contribution in [1.29, 1.82) is 0 Å². The monoisotopic (exact) mass is 273 g/mol. The van der Waals surface area contributed by atoms with Crippen LogP contribution in [0.25, 0.3) is 5.69 Å². The number of aromatic nitrogens is 2. The molecule has 0 unspecified atom stereocenters. The number of nitrogens with zero attached hydrogens (tertiary/aromatic N) is 2. The van der Waals surface area contributed by atoms with E-state index in [2.05, 4.69) is 20.8 Å². The molecule has 0 radical (unpaired) electrons. The molecule has 2 N–H and O–H groups in total. The molecule has 1 aromatic carbocycles. The van der Waals surface area contributed by atoms with Crippen LogP contribution in [0.3, 0.4) is 0 Å². The fourth-order valence-corrected chi connectivity index (χ4v) is 2.70. The molecule has 2 aromatic rings. The van der Waals surface area contributed by atoms with Crippen molar-refractivity contribution >= 4 is 5.69 Å². The average Bonchev–Trinajstić information content (AvgIpc) is 2.62. The van der Waals surface area contributed by atoms with Crippen LogP contribution in [0.2, 0.25) is 0 Å². The Morgan fingerprint density at radius 2 is 1.80 bits per heavy atom. The molecule has 0 aliphatic rings. The maximum Gasteiger partial charge on any atom is 0.294 e. The van der Waals surface area contributed by atoms with Gasteiger partial charge in [-0.15, -0.1) is 0 Å². The zero-order valence-corrected chi connectivity index (χ0v) is 12.9. The summed E-state index contributed by atoms with van der Waals surface area (Å²) in [4.78, 5) is 12.6. The van der Waals surface area contributed by atoms with Crippen LogP contribution < -0.4 is 11.3 Å². The Hall–Kier alpha value is -1.97. The lowest BCUT2D eigenvalue weighted by Gasteiger charge is -2.23. The van der Waals surface area contributed by atoms with Crippen molar-refractivity contribution in [2.75, 3.05) is 5.73 Å². The van der Waals surface area contributed by atoms with E-state index >= 15 is 0 Å². The average molecular weight is 273 g/mol. The highest BCUT2D eigenvalue weighted by atomic mass is 16.1. The molecule has 4 heteroatoms. The van der Waals surface area contributed by atoms with Gasteiger partial charge in [-0.2, -0.15) is 0 Å². The molecule has 0 saturated carbocycles. The lowest BCUT2D eigenvalue weighted by Crippen LogP contribution is -2.24. The summed E-state index contributed by atoms with van der Waals surface area (Å²) >= 11 is 0. The highest BCUT2D eigenvalue weighted by Crippen LogP contribution is 2.28. The summed E-state index contributed by atoms with van der Waals surface area (Å²) in [5.74, 6) is 0. The van der Waals surface area contributed by atoms with Gasteiger partial charge in [0.2, 0.25) is 0 Å². The van der Waals surface area contributed by atoms with Crippen molar-refractivity contribution < 1.29 is 0 Å². The predicted octanol–water partition coefficient (Wildman–Crippen LogP) is 2.85. The van der Waals surface area contributed by atoms with Crippen molar-refractivity contribution in [3.8, 4) is 5.69 Å². The first kappa shape index (κ1) is 14.4. The van der Waals surface area contributed by atoms with Crippen LogP contribution in [0.15, 0.2) is 29.1 Å². The van der Waals surface area contributed by atoms with Gasteiger partial charge in [-0.3, -0.25) is 9.48 Å². The number of hydrogen-bond acceptors (Lipinski definition) is 2. The molecule has 0 saturated heterocycles. The van der Waals surface area contributed by atoms with E-state index in [1.165, 1.54) is 0 Å². The summed E-state index contributed by atoms with van der Waals surface area (Å²) in [6, 6.07) is 7.86. The molecule has 1 heterocycles. The standard InChI is InChI=1S/C16H23N3O/c1-6-18-14(16(3,4)5)13(17)15(20)19(18)12-10-8-7-9-11(12)2/h7-10H,6,17H2,1-5H3. The first-order valence-electron chi connectivity index (χ1n) is 6.96. The Morgan fingerprint density at radius 1 is 1.20 bits per heavy atom. The zero-order chi connectivity index (χ0) is 15.1. The smallest absolute Gasteiger partial charge is 0.294 e. The van der Waals surface area contributed by atoms with E-state index in [0.717, 1.165) is 16.9 Å². The summed E-state index contributed by atoms with van der Waals surface area (Å²) in [5.41, 5.74) is 8.99. The molecule has 4 nitrogen and oxygen atoms in total. The van der Waals surface area contributed by atoms with Crippen LogP contribution in [-0.2, 0) is 12.0 Å². The molecule has 0 fully saturated rings. The lowest BCUT2D eigenvalue weighted by molar-refractivity contribution is 0.469. The topological polar surface area (TPSA) is 52.9 Å². The van der Waals surface area contributed by atoms with Gasteiger partial charge in [0.05, 0.1) is 11.4 Å². The van der Waals surface area contributed by atoms with Crippen LogP contribution in [0.1, 0.15) is 39.0 Å². The Kier molecular flexibility index (Phi) is 3.50. The third-order valence-corrected chi connectivity index (χ3v) is 3.53. The molecule has 1 aromatic heterocycles. The molecule has 0 spiro atoms. The molecule has 20 heavy (non-hydrogen) atoms. The summed E-state index contributed by atoms with van der Waals surface area (Å²) < 4.78 is 3.69. The second kappa shape index (κ2) is 4.85. The Bertz CT molecular complexity index is 687. The van der Waals surface area contributed by atoms with Crippen LogP contribution in [-0.4, -0.2) is 9.36 Å². The first-order chi connectivity index (χ1) is 9.29. The number of nitrogens with two attached hydrogens (primary N) is 1. The van der Waals surface area contributed by atoms with Crippen molar-refractivity contribution in [3.63, 3.8) is 0 Å². The first-order valence-corrected chi connectivity index (χ1v) is 6.96. The largest absolute Gasteiger partial charge is 0.393 e. The Balaban J connectivity index is 2.86. The third-order valence-electron chi connectivity index (χ3n) is 3.53. The maximum absolute atomic E-state index is 12.6. The van der Waals surface area contributed by atoms with Gasteiger partial charge in [0.1, 0.15) is 5.69 Å². The number of benzene rings is 1. The zero-order valence-electron chi connectivity index (χ0n) is 12.9. The van der Waals surface area contributed by atoms with Gasteiger partial charge < -0.3 is 5.73 Å². The van der Waals surface area contributed by atoms with Crippen LogP contribution >= 0.6 is 0 Å². The predicted molar refractivity (Wildman–Crippen MR) is 83.6 cm³/mol.